The van der Waals surface area contributed by atoms with Gasteiger partial charge < -0.3 is 9.47 Å². The Morgan fingerprint density at radius 3 is 2.55 bits per heavy atom. The quantitative estimate of drug-likeness (QED) is 0.619. The number of benzene rings is 2. The van der Waals surface area contributed by atoms with Crippen LogP contribution in [-0.2, 0) is 11.3 Å². The largest absolute Gasteiger partial charge is 0.488 e. The zero-order chi connectivity index (χ0) is 16.1. The molecule has 0 amide bonds. The van der Waals surface area contributed by atoms with Crippen molar-refractivity contribution < 1.29 is 19.1 Å². The zero-order valence-corrected chi connectivity index (χ0v) is 13.0. The predicted octanol–water partition coefficient (Wildman–Crippen LogP) is 3.91. The Bertz CT molecular complexity index is 710. The van der Waals surface area contributed by atoms with Crippen LogP contribution < -0.4 is 4.74 Å². The van der Waals surface area contributed by atoms with E-state index in [1.54, 1.807) is 24.3 Å². The van der Waals surface area contributed by atoms with Crippen LogP contribution in [0, 0.1) is 0 Å². The molecular weight excluding hydrogens is 304 g/mol. The summed E-state index contributed by atoms with van der Waals surface area (Å²) in [4.78, 5) is 23.3. The van der Waals surface area contributed by atoms with Crippen LogP contribution in [0.5, 0.6) is 5.75 Å². The van der Waals surface area contributed by atoms with Crippen molar-refractivity contribution in [2.24, 2.45) is 0 Å². The highest BCUT2D eigenvalue weighted by Crippen LogP contribution is 2.23. The molecule has 0 saturated heterocycles. The lowest BCUT2D eigenvalue weighted by Crippen LogP contribution is -2.07. The molecule has 0 unspecified atom stereocenters. The number of carbonyl (C=O) groups excluding carboxylic acids is 2. The number of ether oxygens (including phenoxy) is 2. The van der Waals surface area contributed by atoms with Crippen molar-refractivity contribution in [3.63, 3.8) is 0 Å². The van der Waals surface area contributed by atoms with Crippen LogP contribution in [-0.4, -0.2) is 18.9 Å². The topological polar surface area (TPSA) is 52.6 Å². The summed E-state index contributed by atoms with van der Waals surface area (Å²) in [6, 6.07) is 11.9. The first-order valence-electron chi connectivity index (χ1n) is 6.62. The maximum atomic E-state index is 11.8. The van der Waals surface area contributed by atoms with Gasteiger partial charge >= 0.3 is 5.97 Å². The summed E-state index contributed by atoms with van der Waals surface area (Å²) >= 11 is 5.92. The van der Waals surface area contributed by atoms with Crippen LogP contribution in [0.15, 0.2) is 42.5 Å². The van der Waals surface area contributed by atoms with Gasteiger partial charge in [0.2, 0.25) is 0 Å². The molecule has 0 aliphatic carbocycles. The highest BCUT2D eigenvalue weighted by atomic mass is 35.5. The summed E-state index contributed by atoms with van der Waals surface area (Å²) < 4.78 is 10.4. The normalized spacial score (nSPS) is 10.1. The molecule has 2 aromatic rings. The second kappa shape index (κ2) is 7.09. The second-order valence-corrected chi connectivity index (χ2v) is 5.11. The molecule has 4 nitrogen and oxygen atoms in total. The molecular formula is C17H15ClO4. The first-order chi connectivity index (χ1) is 10.5. The maximum absolute atomic E-state index is 11.8. The highest BCUT2D eigenvalue weighted by molar-refractivity contribution is 6.30. The van der Waals surface area contributed by atoms with E-state index in [0.29, 0.717) is 16.3 Å². The van der Waals surface area contributed by atoms with Crippen LogP contribution >= 0.6 is 11.6 Å². The number of methoxy groups -OCH3 is 1. The van der Waals surface area contributed by atoms with Gasteiger partial charge in [-0.3, -0.25) is 4.79 Å². The number of rotatable bonds is 5. The summed E-state index contributed by atoms with van der Waals surface area (Å²) in [7, 11) is 1.28. The van der Waals surface area contributed by atoms with Crippen LogP contribution in [0.4, 0.5) is 0 Å². The third-order valence-corrected chi connectivity index (χ3v) is 3.31. The Balaban J connectivity index is 2.26. The molecule has 2 aromatic carbocycles. The van der Waals surface area contributed by atoms with E-state index in [2.05, 4.69) is 0 Å². The number of ketones is 1. The predicted molar refractivity (Wildman–Crippen MR) is 83.6 cm³/mol. The Hall–Kier alpha value is -2.33. The van der Waals surface area contributed by atoms with Crippen molar-refractivity contribution in [1.82, 2.24) is 0 Å². The van der Waals surface area contributed by atoms with E-state index in [0.717, 1.165) is 5.56 Å². The molecule has 0 aliphatic rings. The Labute approximate surface area is 133 Å². The van der Waals surface area contributed by atoms with Crippen LogP contribution in [0.3, 0.4) is 0 Å². The Morgan fingerprint density at radius 1 is 1.14 bits per heavy atom. The molecule has 0 bridgehead atoms. The van der Waals surface area contributed by atoms with Gasteiger partial charge in [0.15, 0.2) is 5.78 Å². The monoisotopic (exact) mass is 318 g/mol. The molecule has 0 fully saturated rings. The molecule has 114 valence electrons. The molecule has 0 N–H and O–H groups in total. The van der Waals surface area contributed by atoms with Gasteiger partial charge in [0.05, 0.1) is 7.11 Å². The van der Waals surface area contributed by atoms with Crippen molar-refractivity contribution in [2.75, 3.05) is 7.11 Å². The smallest absolute Gasteiger partial charge is 0.341 e. The lowest BCUT2D eigenvalue weighted by atomic mass is 10.1. The number of carbonyl (C=O) groups is 2. The molecule has 0 aliphatic heterocycles. The van der Waals surface area contributed by atoms with E-state index in [4.69, 9.17) is 21.1 Å². The minimum Gasteiger partial charge on any atom is -0.488 e. The average Bonchev–Trinajstić information content (AvgIpc) is 2.52. The van der Waals surface area contributed by atoms with Crippen LogP contribution in [0.2, 0.25) is 5.02 Å². The summed E-state index contributed by atoms with van der Waals surface area (Å²) in [5.41, 5.74) is 1.52. The van der Waals surface area contributed by atoms with E-state index < -0.39 is 5.97 Å². The molecule has 0 radical (unpaired) electrons. The molecule has 0 atom stereocenters. The van der Waals surface area contributed by atoms with Gasteiger partial charge in [-0.2, -0.15) is 0 Å². The SMILES string of the molecule is COC(=O)c1cc(C(C)=O)ccc1OCc1cccc(Cl)c1. The first-order valence-corrected chi connectivity index (χ1v) is 6.99. The number of esters is 1. The fourth-order valence-electron chi connectivity index (χ4n) is 1.93. The van der Waals surface area contributed by atoms with E-state index >= 15 is 0 Å². The summed E-state index contributed by atoms with van der Waals surface area (Å²) in [5, 5.41) is 0.612. The van der Waals surface area contributed by atoms with E-state index in [9.17, 15) is 9.59 Å². The summed E-state index contributed by atoms with van der Waals surface area (Å²) in [6.45, 7) is 1.69. The van der Waals surface area contributed by atoms with E-state index in [1.807, 2.05) is 12.1 Å². The Morgan fingerprint density at radius 2 is 1.91 bits per heavy atom. The fraction of sp³-hybridized carbons (Fsp3) is 0.176. The lowest BCUT2D eigenvalue weighted by Gasteiger charge is -2.11. The maximum Gasteiger partial charge on any atom is 0.341 e. The highest BCUT2D eigenvalue weighted by Gasteiger charge is 2.15. The van der Waals surface area contributed by atoms with Crippen molar-refractivity contribution >= 4 is 23.4 Å². The van der Waals surface area contributed by atoms with Gasteiger partial charge in [0.1, 0.15) is 17.9 Å². The first kappa shape index (κ1) is 16.0. The summed E-state index contributed by atoms with van der Waals surface area (Å²) in [5.74, 6) is -0.326. The molecule has 0 heterocycles. The average molecular weight is 319 g/mol. The standard InChI is InChI=1S/C17H15ClO4/c1-11(19)13-6-7-16(15(9-13)17(20)21-2)22-10-12-4-3-5-14(18)8-12/h3-9H,10H2,1-2H3. The van der Waals surface area contributed by atoms with Gasteiger partial charge in [-0.15, -0.1) is 0 Å². The van der Waals surface area contributed by atoms with E-state index in [1.165, 1.54) is 20.1 Å². The Kier molecular flexibility index (Phi) is 5.17. The van der Waals surface area contributed by atoms with Crippen molar-refractivity contribution in [2.45, 2.75) is 13.5 Å². The zero-order valence-electron chi connectivity index (χ0n) is 12.3. The molecule has 0 aromatic heterocycles. The number of hydrogen-bond acceptors (Lipinski definition) is 4. The molecule has 2 rings (SSSR count). The van der Waals surface area contributed by atoms with Gasteiger partial charge in [0.25, 0.3) is 0 Å². The molecule has 0 spiro atoms. The third kappa shape index (κ3) is 3.86. The van der Waals surface area contributed by atoms with Crippen LogP contribution in [0.1, 0.15) is 33.2 Å². The van der Waals surface area contributed by atoms with Gasteiger partial charge in [-0.25, -0.2) is 4.79 Å². The van der Waals surface area contributed by atoms with E-state index in [-0.39, 0.29) is 18.0 Å². The number of halogens is 1. The van der Waals surface area contributed by atoms with Gasteiger partial charge in [-0.1, -0.05) is 23.7 Å². The van der Waals surface area contributed by atoms with Gasteiger partial charge in [0, 0.05) is 10.6 Å². The van der Waals surface area contributed by atoms with Gasteiger partial charge in [-0.05, 0) is 42.8 Å². The molecule has 0 saturated carbocycles. The molecule has 22 heavy (non-hydrogen) atoms. The second-order valence-electron chi connectivity index (χ2n) is 4.68. The minimum absolute atomic E-state index is 0.133. The number of hydrogen-bond donors (Lipinski definition) is 0. The fourth-order valence-corrected chi connectivity index (χ4v) is 2.15. The summed E-state index contributed by atoms with van der Waals surface area (Å²) in [6.07, 6.45) is 0. The van der Waals surface area contributed by atoms with Crippen LogP contribution in [0.25, 0.3) is 0 Å². The molecule has 5 heteroatoms. The van der Waals surface area contributed by atoms with Crippen molar-refractivity contribution in [3.05, 3.63) is 64.2 Å². The number of Topliss-reactive ketones (excluding diaryl/α,β-unsaturated/α-hetero) is 1. The van der Waals surface area contributed by atoms with Crippen molar-refractivity contribution in [1.29, 1.82) is 0 Å². The van der Waals surface area contributed by atoms with Crippen molar-refractivity contribution in [3.8, 4) is 5.75 Å². The minimum atomic E-state index is -0.552. The lowest BCUT2D eigenvalue weighted by molar-refractivity contribution is 0.0595. The third-order valence-electron chi connectivity index (χ3n) is 3.07.